The number of ether oxygens (including phenoxy) is 2. The van der Waals surface area contributed by atoms with Crippen LogP contribution in [0.2, 0.25) is 0 Å². The van der Waals surface area contributed by atoms with Gasteiger partial charge in [0.1, 0.15) is 5.75 Å². The zero-order valence-electron chi connectivity index (χ0n) is 8.89. The second-order valence-corrected chi connectivity index (χ2v) is 3.57. The van der Waals surface area contributed by atoms with E-state index >= 15 is 0 Å². The monoisotopic (exact) mass is 335 g/mol. The lowest BCUT2D eigenvalue weighted by molar-refractivity contribution is -0.276. The first-order valence-electron chi connectivity index (χ1n) is 4.46. The Morgan fingerprint density at radius 2 is 2.00 bits per heavy atom. The van der Waals surface area contributed by atoms with E-state index in [1.165, 1.54) is 7.11 Å². The van der Waals surface area contributed by atoms with Gasteiger partial charge in [-0.05, 0) is 6.07 Å². The van der Waals surface area contributed by atoms with E-state index in [0.29, 0.717) is 0 Å². The maximum atomic E-state index is 12.6. The first-order valence-corrected chi connectivity index (χ1v) is 5.58. The minimum absolute atomic E-state index is 0.0288. The molecule has 1 aromatic heterocycles. The number of halogens is 6. The quantitative estimate of drug-likeness (QED) is 0.619. The van der Waals surface area contributed by atoms with Gasteiger partial charge in [-0.25, -0.2) is 13.8 Å². The van der Waals surface area contributed by atoms with E-state index in [1.807, 2.05) is 0 Å². The zero-order valence-corrected chi connectivity index (χ0v) is 10.5. The Hall–Kier alpha value is -1.12. The van der Waals surface area contributed by atoms with Crippen molar-refractivity contribution in [2.24, 2.45) is 0 Å². The molecule has 0 fully saturated rings. The number of hydrogen-bond acceptors (Lipinski definition) is 3. The summed E-state index contributed by atoms with van der Waals surface area (Å²) >= 11 is 2.96. The maximum absolute atomic E-state index is 12.6. The summed E-state index contributed by atoms with van der Waals surface area (Å²) in [4.78, 5) is 3.37. The summed E-state index contributed by atoms with van der Waals surface area (Å²) < 4.78 is 69.6. The van der Waals surface area contributed by atoms with Crippen LogP contribution in [0.15, 0.2) is 6.07 Å². The third-order valence-electron chi connectivity index (χ3n) is 1.85. The van der Waals surface area contributed by atoms with E-state index in [-0.39, 0.29) is 16.8 Å². The van der Waals surface area contributed by atoms with Crippen LogP contribution in [0.25, 0.3) is 0 Å². The lowest BCUT2D eigenvalue weighted by Gasteiger charge is -2.14. The molecule has 0 amide bonds. The molecule has 0 unspecified atom stereocenters. The van der Waals surface area contributed by atoms with Crippen LogP contribution < -0.4 is 9.47 Å². The van der Waals surface area contributed by atoms with E-state index in [4.69, 9.17) is 4.74 Å². The molecule has 0 saturated carbocycles. The van der Waals surface area contributed by atoms with Gasteiger partial charge < -0.3 is 9.47 Å². The summed E-state index contributed by atoms with van der Waals surface area (Å²) in [5.41, 5.74) is -0.949. The van der Waals surface area contributed by atoms with Crippen LogP contribution in [-0.4, -0.2) is 18.5 Å². The lowest BCUT2D eigenvalue weighted by Crippen LogP contribution is -2.19. The highest BCUT2D eigenvalue weighted by Crippen LogP contribution is 2.35. The minimum Gasteiger partial charge on any atom is -0.495 e. The molecule has 0 radical (unpaired) electrons. The molecular formula is C9H7BrF5NO2. The Labute approximate surface area is 107 Å². The smallest absolute Gasteiger partial charge is 0.495 e. The molecule has 0 atom stereocenters. The van der Waals surface area contributed by atoms with Gasteiger partial charge in [-0.2, -0.15) is 0 Å². The molecule has 3 nitrogen and oxygen atoms in total. The molecule has 0 aliphatic carbocycles. The van der Waals surface area contributed by atoms with Crippen LogP contribution in [-0.2, 0) is 5.33 Å². The fraction of sp³-hybridized carbons (Fsp3) is 0.444. The number of aromatic nitrogens is 1. The molecule has 0 aromatic carbocycles. The SMILES string of the molecule is COc1cc(C(F)F)c(OC(F)(F)F)nc1CBr. The maximum Gasteiger partial charge on any atom is 0.574 e. The number of alkyl halides is 6. The third kappa shape index (κ3) is 3.69. The highest BCUT2D eigenvalue weighted by atomic mass is 79.9. The predicted octanol–water partition coefficient (Wildman–Crippen LogP) is 3.82. The molecular weight excluding hydrogens is 329 g/mol. The van der Waals surface area contributed by atoms with Gasteiger partial charge in [0.15, 0.2) is 0 Å². The van der Waals surface area contributed by atoms with E-state index in [9.17, 15) is 22.0 Å². The van der Waals surface area contributed by atoms with Crippen LogP contribution in [0, 0.1) is 0 Å². The van der Waals surface area contributed by atoms with Gasteiger partial charge in [0.2, 0.25) is 5.88 Å². The topological polar surface area (TPSA) is 31.4 Å². The standard InChI is InChI=1S/C9H7BrF5NO2/c1-17-6-2-4(7(11)12)8(16-5(6)3-10)18-9(13,14)15/h2,7H,3H2,1H3. The van der Waals surface area contributed by atoms with Crippen molar-refractivity contribution in [3.63, 3.8) is 0 Å². The summed E-state index contributed by atoms with van der Waals surface area (Å²) in [7, 11) is 1.20. The highest BCUT2D eigenvalue weighted by Gasteiger charge is 2.34. The molecule has 0 N–H and O–H groups in total. The summed E-state index contributed by atoms with van der Waals surface area (Å²) in [5, 5.41) is 0.0356. The molecule has 1 heterocycles. The molecule has 1 aromatic rings. The summed E-state index contributed by atoms with van der Waals surface area (Å²) in [6, 6.07) is 0.773. The number of pyridine rings is 1. The van der Waals surface area contributed by atoms with Gasteiger partial charge in [0, 0.05) is 5.33 Å². The average Bonchev–Trinajstić information content (AvgIpc) is 2.25. The summed E-state index contributed by atoms with van der Waals surface area (Å²) in [6.07, 6.45) is -8.25. The van der Waals surface area contributed by atoms with Crippen molar-refractivity contribution in [3.8, 4) is 11.6 Å². The van der Waals surface area contributed by atoms with E-state index in [0.717, 1.165) is 6.07 Å². The van der Waals surface area contributed by atoms with Gasteiger partial charge in [-0.1, -0.05) is 15.9 Å². The van der Waals surface area contributed by atoms with Gasteiger partial charge in [-0.15, -0.1) is 13.2 Å². The number of hydrogen-bond donors (Lipinski definition) is 0. The van der Waals surface area contributed by atoms with Crippen LogP contribution in [0.3, 0.4) is 0 Å². The number of rotatable bonds is 4. The Balaban J connectivity index is 3.29. The van der Waals surface area contributed by atoms with Crippen molar-refractivity contribution < 1.29 is 31.4 Å². The van der Waals surface area contributed by atoms with Crippen molar-refractivity contribution in [2.75, 3.05) is 7.11 Å². The first kappa shape index (κ1) is 14.9. The van der Waals surface area contributed by atoms with Crippen molar-refractivity contribution in [1.29, 1.82) is 0 Å². The molecule has 9 heteroatoms. The van der Waals surface area contributed by atoms with Crippen molar-refractivity contribution in [3.05, 3.63) is 17.3 Å². The van der Waals surface area contributed by atoms with E-state index in [2.05, 4.69) is 25.7 Å². The van der Waals surface area contributed by atoms with Crippen LogP contribution in [0.1, 0.15) is 17.7 Å². The minimum atomic E-state index is -5.09. The average molecular weight is 336 g/mol. The fourth-order valence-corrected chi connectivity index (χ4v) is 1.55. The molecule has 0 spiro atoms. The predicted molar refractivity (Wildman–Crippen MR) is 55.1 cm³/mol. The van der Waals surface area contributed by atoms with Gasteiger partial charge in [0.05, 0.1) is 18.4 Å². The summed E-state index contributed by atoms with van der Waals surface area (Å²) in [5.74, 6) is -1.22. The molecule has 102 valence electrons. The molecule has 0 saturated heterocycles. The highest BCUT2D eigenvalue weighted by molar-refractivity contribution is 9.08. The Kier molecular flexibility index (Phi) is 4.71. The van der Waals surface area contributed by atoms with Crippen molar-refractivity contribution in [2.45, 2.75) is 18.1 Å². The zero-order chi connectivity index (χ0) is 13.9. The lowest BCUT2D eigenvalue weighted by atomic mass is 10.2. The normalized spacial score (nSPS) is 11.8. The molecule has 1 rings (SSSR count). The largest absolute Gasteiger partial charge is 0.574 e. The third-order valence-corrected chi connectivity index (χ3v) is 2.38. The second-order valence-electron chi connectivity index (χ2n) is 3.01. The van der Waals surface area contributed by atoms with Crippen molar-refractivity contribution >= 4 is 15.9 Å². The van der Waals surface area contributed by atoms with Crippen molar-refractivity contribution in [1.82, 2.24) is 4.98 Å². The Morgan fingerprint density at radius 1 is 1.39 bits per heavy atom. The first-order chi connectivity index (χ1) is 8.28. The molecule has 18 heavy (non-hydrogen) atoms. The fourth-order valence-electron chi connectivity index (χ4n) is 1.15. The summed E-state index contributed by atoms with van der Waals surface area (Å²) in [6.45, 7) is 0. The van der Waals surface area contributed by atoms with Crippen LogP contribution in [0.4, 0.5) is 22.0 Å². The Bertz CT molecular complexity index is 424. The number of nitrogens with zero attached hydrogens (tertiary/aromatic N) is 1. The molecule has 0 bridgehead atoms. The Morgan fingerprint density at radius 3 is 2.39 bits per heavy atom. The van der Waals surface area contributed by atoms with Crippen LogP contribution >= 0.6 is 15.9 Å². The second kappa shape index (κ2) is 5.68. The van der Waals surface area contributed by atoms with Crippen LogP contribution in [0.5, 0.6) is 11.6 Å². The van der Waals surface area contributed by atoms with E-state index < -0.39 is 24.2 Å². The van der Waals surface area contributed by atoms with Gasteiger partial charge >= 0.3 is 6.36 Å². The van der Waals surface area contributed by atoms with Gasteiger partial charge in [0.25, 0.3) is 6.43 Å². The molecule has 0 aliphatic heterocycles. The van der Waals surface area contributed by atoms with Gasteiger partial charge in [-0.3, -0.25) is 0 Å². The number of methoxy groups -OCH3 is 1. The van der Waals surface area contributed by atoms with E-state index in [1.54, 1.807) is 0 Å². The molecule has 0 aliphatic rings.